The van der Waals surface area contributed by atoms with Crippen LogP contribution in [0.25, 0.3) is 0 Å². The third-order valence-corrected chi connectivity index (χ3v) is 3.58. The minimum atomic E-state index is -0.445. The van der Waals surface area contributed by atoms with Crippen molar-refractivity contribution in [3.63, 3.8) is 0 Å². The molecule has 0 unspecified atom stereocenters. The maximum atomic E-state index is 9.12. The van der Waals surface area contributed by atoms with E-state index in [-0.39, 0.29) is 0 Å². The summed E-state index contributed by atoms with van der Waals surface area (Å²) in [5, 5.41) is 12.1. The molecular weight excluding hydrogens is 208 g/mol. The van der Waals surface area contributed by atoms with Gasteiger partial charge in [0.25, 0.3) is 0 Å². The van der Waals surface area contributed by atoms with Crippen LogP contribution in [0.3, 0.4) is 0 Å². The molecule has 0 radical (unpaired) electrons. The number of hydrogen-bond donors (Lipinski definition) is 0. The summed E-state index contributed by atoms with van der Waals surface area (Å²) < 4.78 is 5.12. The van der Waals surface area contributed by atoms with Crippen molar-refractivity contribution in [1.82, 2.24) is 4.98 Å². The fourth-order valence-electron chi connectivity index (χ4n) is 1.58. The van der Waals surface area contributed by atoms with Crippen molar-refractivity contribution in [3.05, 3.63) is 16.1 Å². The van der Waals surface area contributed by atoms with Gasteiger partial charge in [0.15, 0.2) is 5.41 Å². The number of rotatable bonds is 3. The van der Waals surface area contributed by atoms with Crippen LogP contribution in [-0.4, -0.2) is 18.2 Å². The Bertz CT molecular complexity index is 388. The molecule has 0 spiro atoms. The summed E-state index contributed by atoms with van der Waals surface area (Å²) >= 11 is 1.59. The van der Waals surface area contributed by atoms with E-state index >= 15 is 0 Å². The molecule has 1 aliphatic rings. The first-order chi connectivity index (χ1) is 7.16. The van der Waals surface area contributed by atoms with Gasteiger partial charge in [-0.05, 0) is 12.3 Å². The zero-order valence-electron chi connectivity index (χ0n) is 8.99. The Labute approximate surface area is 93.7 Å². The van der Waals surface area contributed by atoms with Crippen LogP contribution in [0.1, 0.15) is 24.5 Å². The first-order valence-corrected chi connectivity index (χ1v) is 5.98. The lowest BCUT2D eigenvalue weighted by Gasteiger charge is -2.32. The van der Waals surface area contributed by atoms with Gasteiger partial charge in [-0.1, -0.05) is 13.8 Å². The second kappa shape index (κ2) is 3.92. The van der Waals surface area contributed by atoms with E-state index < -0.39 is 5.41 Å². The van der Waals surface area contributed by atoms with Crippen molar-refractivity contribution >= 4 is 11.3 Å². The van der Waals surface area contributed by atoms with Gasteiger partial charge in [0.05, 0.1) is 25.0 Å². The highest BCUT2D eigenvalue weighted by Gasteiger charge is 2.43. The maximum absolute atomic E-state index is 9.12. The number of ether oxygens (including phenoxy) is 1. The van der Waals surface area contributed by atoms with Crippen LogP contribution in [0.4, 0.5) is 0 Å². The zero-order valence-corrected chi connectivity index (χ0v) is 9.80. The lowest BCUT2D eigenvalue weighted by Crippen LogP contribution is -2.45. The van der Waals surface area contributed by atoms with Crippen LogP contribution in [0.2, 0.25) is 0 Å². The summed E-state index contributed by atoms with van der Waals surface area (Å²) in [7, 11) is 0. The van der Waals surface area contributed by atoms with E-state index in [1.807, 2.05) is 0 Å². The molecule has 2 rings (SSSR count). The van der Waals surface area contributed by atoms with Crippen LogP contribution < -0.4 is 0 Å². The molecule has 2 heterocycles. The molecule has 80 valence electrons. The van der Waals surface area contributed by atoms with E-state index in [2.05, 4.69) is 30.3 Å². The first kappa shape index (κ1) is 10.6. The quantitative estimate of drug-likeness (QED) is 0.787. The molecule has 0 saturated carbocycles. The summed E-state index contributed by atoms with van der Waals surface area (Å²) in [6, 6.07) is 2.32. The fourth-order valence-corrected chi connectivity index (χ4v) is 2.54. The summed E-state index contributed by atoms with van der Waals surface area (Å²) in [5.74, 6) is 0.607. The minimum Gasteiger partial charge on any atom is -0.377 e. The first-order valence-electron chi connectivity index (χ1n) is 5.10. The van der Waals surface area contributed by atoms with E-state index in [0.29, 0.717) is 19.1 Å². The van der Waals surface area contributed by atoms with Gasteiger partial charge in [-0.3, -0.25) is 0 Å². The monoisotopic (exact) mass is 222 g/mol. The Morgan fingerprint density at radius 2 is 2.40 bits per heavy atom. The lowest BCUT2D eigenvalue weighted by atomic mass is 9.89. The molecular formula is C11H14N2OS. The van der Waals surface area contributed by atoms with Crippen LogP contribution in [0.5, 0.6) is 0 Å². The molecule has 0 aromatic carbocycles. The molecule has 0 amide bonds. The van der Waals surface area contributed by atoms with Crippen LogP contribution in [0, 0.1) is 17.2 Å². The van der Waals surface area contributed by atoms with Gasteiger partial charge in [0.1, 0.15) is 5.01 Å². The molecule has 1 aliphatic heterocycles. The van der Waals surface area contributed by atoms with Crippen molar-refractivity contribution in [2.45, 2.75) is 25.7 Å². The molecule has 1 aromatic rings. The summed E-state index contributed by atoms with van der Waals surface area (Å²) in [4.78, 5) is 4.53. The second-order valence-electron chi connectivity index (χ2n) is 4.43. The highest BCUT2D eigenvalue weighted by Crippen LogP contribution is 2.33. The second-order valence-corrected chi connectivity index (χ2v) is 5.29. The maximum Gasteiger partial charge on any atom is 0.155 e. The largest absolute Gasteiger partial charge is 0.377 e. The van der Waals surface area contributed by atoms with Crippen molar-refractivity contribution in [2.24, 2.45) is 5.92 Å². The Balaban J connectivity index is 2.17. The number of thiazole rings is 1. The average molecular weight is 222 g/mol. The van der Waals surface area contributed by atoms with Gasteiger partial charge in [-0.15, -0.1) is 11.3 Å². The topological polar surface area (TPSA) is 45.9 Å². The van der Waals surface area contributed by atoms with Gasteiger partial charge in [-0.2, -0.15) is 5.26 Å². The van der Waals surface area contributed by atoms with Crippen molar-refractivity contribution < 1.29 is 4.74 Å². The Morgan fingerprint density at radius 3 is 2.87 bits per heavy atom. The molecule has 1 aromatic heterocycles. The molecule has 1 fully saturated rings. The third kappa shape index (κ3) is 1.90. The molecule has 15 heavy (non-hydrogen) atoms. The summed E-state index contributed by atoms with van der Waals surface area (Å²) in [5.41, 5.74) is 0.659. The Kier molecular flexibility index (Phi) is 2.76. The SMILES string of the molecule is CC(C)Cc1csc(C2(C#N)COC2)n1. The summed E-state index contributed by atoms with van der Waals surface area (Å²) in [6.45, 7) is 5.34. The molecule has 0 atom stereocenters. The minimum absolute atomic E-state index is 0.445. The molecule has 0 bridgehead atoms. The predicted octanol–water partition coefficient (Wildman–Crippen LogP) is 2.13. The van der Waals surface area contributed by atoms with E-state index in [1.54, 1.807) is 11.3 Å². The normalized spacial score (nSPS) is 18.5. The van der Waals surface area contributed by atoms with Gasteiger partial charge in [0.2, 0.25) is 0 Å². The summed E-state index contributed by atoms with van der Waals surface area (Å²) in [6.07, 6.45) is 0.985. The van der Waals surface area contributed by atoms with Crippen LogP contribution >= 0.6 is 11.3 Å². The van der Waals surface area contributed by atoms with Gasteiger partial charge < -0.3 is 4.74 Å². The molecule has 0 N–H and O–H groups in total. The molecule has 1 saturated heterocycles. The van der Waals surface area contributed by atoms with E-state index in [9.17, 15) is 0 Å². The van der Waals surface area contributed by atoms with Crippen molar-refractivity contribution in [1.29, 1.82) is 5.26 Å². The average Bonchev–Trinajstić information content (AvgIpc) is 2.51. The van der Waals surface area contributed by atoms with E-state index in [4.69, 9.17) is 10.00 Å². The van der Waals surface area contributed by atoms with E-state index in [0.717, 1.165) is 17.1 Å². The zero-order chi connectivity index (χ0) is 10.9. The highest BCUT2D eigenvalue weighted by atomic mass is 32.1. The molecule has 4 heteroatoms. The van der Waals surface area contributed by atoms with Crippen molar-refractivity contribution in [3.8, 4) is 6.07 Å². The van der Waals surface area contributed by atoms with Gasteiger partial charge in [0, 0.05) is 5.38 Å². The van der Waals surface area contributed by atoms with E-state index in [1.165, 1.54) is 0 Å². The standard InChI is InChI=1S/C11H14N2OS/c1-8(2)3-9-4-15-10(13-9)11(5-12)6-14-7-11/h4,8H,3,6-7H2,1-2H3. The number of aromatic nitrogens is 1. The number of hydrogen-bond acceptors (Lipinski definition) is 4. The van der Waals surface area contributed by atoms with Crippen LogP contribution in [0.15, 0.2) is 5.38 Å². The lowest BCUT2D eigenvalue weighted by molar-refractivity contribution is -0.0299. The Hall–Kier alpha value is -0.920. The van der Waals surface area contributed by atoms with Gasteiger partial charge >= 0.3 is 0 Å². The number of nitriles is 1. The van der Waals surface area contributed by atoms with Crippen molar-refractivity contribution in [2.75, 3.05) is 13.2 Å². The third-order valence-electron chi connectivity index (χ3n) is 2.49. The van der Waals surface area contributed by atoms with Crippen LogP contribution in [-0.2, 0) is 16.6 Å². The fraction of sp³-hybridized carbons (Fsp3) is 0.636. The number of nitrogens with zero attached hydrogens (tertiary/aromatic N) is 2. The Morgan fingerprint density at radius 1 is 1.67 bits per heavy atom. The smallest absolute Gasteiger partial charge is 0.155 e. The highest BCUT2D eigenvalue weighted by molar-refractivity contribution is 7.09. The molecule has 3 nitrogen and oxygen atoms in total. The van der Waals surface area contributed by atoms with Gasteiger partial charge in [-0.25, -0.2) is 4.98 Å². The molecule has 0 aliphatic carbocycles. The predicted molar refractivity (Wildman–Crippen MR) is 58.8 cm³/mol.